The maximum Gasteiger partial charge on any atom is 0.248 e. The number of amides is 1. The molecule has 0 N–H and O–H groups in total. The van der Waals surface area contributed by atoms with Crippen LogP contribution in [-0.2, 0) is 14.9 Å². The lowest BCUT2D eigenvalue weighted by Gasteiger charge is -2.45. The maximum atomic E-state index is 12.0. The fraction of sp³-hybridized carbons (Fsp3) is 0.737. The molecule has 7 nitrogen and oxygen atoms in total. The van der Waals surface area contributed by atoms with Gasteiger partial charge in [0, 0.05) is 50.8 Å². The molecule has 0 unspecified atom stereocenters. The zero-order valence-electron chi connectivity index (χ0n) is 16.4. The SMILES string of the molecule is CN(CCN1CCCOCC1=O)C1CN(c2ccc(C(C)(C)C)nn2)C1. The van der Waals surface area contributed by atoms with E-state index in [0.717, 1.165) is 50.7 Å². The molecule has 2 fully saturated rings. The number of aromatic nitrogens is 2. The van der Waals surface area contributed by atoms with Crippen LogP contribution in [0.3, 0.4) is 0 Å². The summed E-state index contributed by atoms with van der Waals surface area (Å²) in [4.78, 5) is 18.5. The third-order valence-corrected chi connectivity index (χ3v) is 5.25. The van der Waals surface area contributed by atoms with Gasteiger partial charge in [-0.1, -0.05) is 20.8 Å². The molecule has 2 saturated heterocycles. The fourth-order valence-corrected chi connectivity index (χ4v) is 3.25. The summed E-state index contributed by atoms with van der Waals surface area (Å²) in [6.45, 7) is 11.7. The molecule has 2 aliphatic rings. The van der Waals surface area contributed by atoms with Gasteiger partial charge >= 0.3 is 0 Å². The van der Waals surface area contributed by atoms with Crippen LogP contribution < -0.4 is 4.90 Å². The molecule has 7 heteroatoms. The summed E-state index contributed by atoms with van der Waals surface area (Å²) in [5, 5.41) is 8.77. The van der Waals surface area contributed by atoms with Gasteiger partial charge in [-0.3, -0.25) is 9.69 Å². The van der Waals surface area contributed by atoms with Crippen molar-refractivity contribution in [3.8, 4) is 0 Å². The van der Waals surface area contributed by atoms with Gasteiger partial charge in [-0.05, 0) is 25.6 Å². The van der Waals surface area contributed by atoms with Gasteiger partial charge in [0.15, 0.2) is 5.82 Å². The highest BCUT2D eigenvalue weighted by Crippen LogP contribution is 2.24. The van der Waals surface area contributed by atoms with E-state index in [4.69, 9.17) is 4.74 Å². The normalized spacial score (nSPS) is 19.7. The predicted octanol–water partition coefficient (Wildman–Crippen LogP) is 1.14. The topological polar surface area (TPSA) is 61.8 Å². The van der Waals surface area contributed by atoms with Gasteiger partial charge in [-0.15, -0.1) is 5.10 Å². The van der Waals surface area contributed by atoms with Crippen LogP contribution in [0.1, 0.15) is 32.9 Å². The molecule has 0 bridgehead atoms. The molecule has 1 aromatic heterocycles. The zero-order valence-corrected chi connectivity index (χ0v) is 16.4. The average molecular weight is 361 g/mol. The first-order valence-corrected chi connectivity index (χ1v) is 9.49. The molecule has 0 atom stereocenters. The number of hydrogen-bond acceptors (Lipinski definition) is 6. The predicted molar refractivity (Wildman–Crippen MR) is 101 cm³/mol. The van der Waals surface area contributed by atoms with Crippen molar-refractivity contribution in [3.63, 3.8) is 0 Å². The second-order valence-electron chi connectivity index (χ2n) is 8.35. The monoisotopic (exact) mass is 361 g/mol. The summed E-state index contributed by atoms with van der Waals surface area (Å²) in [5.74, 6) is 1.06. The van der Waals surface area contributed by atoms with E-state index in [1.165, 1.54) is 0 Å². The van der Waals surface area contributed by atoms with E-state index in [1.807, 2.05) is 4.90 Å². The molecule has 0 spiro atoms. The van der Waals surface area contributed by atoms with Crippen molar-refractivity contribution in [2.75, 3.05) is 57.9 Å². The number of ether oxygens (including phenoxy) is 1. The van der Waals surface area contributed by atoms with Crippen LogP contribution in [-0.4, -0.2) is 84.9 Å². The van der Waals surface area contributed by atoms with E-state index in [2.05, 4.69) is 59.9 Å². The highest BCUT2D eigenvalue weighted by atomic mass is 16.5. The van der Waals surface area contributed by atoms with Gasteiger partial charge in [0.2, 0.25) is 5.91 Å². The van der Waals surface area contributed by atoms with Crippen molar-refractivity contribution in [2.45, 2.75) is 38.6 Å². The number of rotatable bonds is 5. The molecule has 1 aromatic rings. The van der Waals surface area contributed by atoms with Crippen molar-refractivity contribution in [3.05, 3.63) is 17.8 Å². The molecular weight excluding hydrogens is 330 g/mol. The molecule has 3 heterocycles. The van der Waals surface area contributed by atoms with Gasteiger partial charge in [0.1, 0.15) is 6.61 Å². The van der Waals surface area contributed by atoms with Crippen molar-refractivity contribution in [1.29, 1.82) is 0 Å². The lowest BCUT2D eigenvalue weighted by molar-refractivity contribution is -0.134. The fourth-order valence-electron chi connectivity index (χ4n) is 3.25. The van der Waals surface area contributed by atoms with Crippen molar-refractivity contribution in [2.24, 2.45) is 0 Å². The molecule has 2 aliphatic heterocycles. The first-order chi connectivity index (χ1) is 12.3. The van der Waals surface area contributed by atoms with Crippen LogP contribution in [0.5, 0.6) is 0 Å². The molecule has 3 rings (SSSR count). The number of carbonyl (C=O) groups is 1. The van der Waals surface area contributed by atoms with Crippen LogP contribution in [0, 0.1) is 0 Å². The Bertz CT molecular complexity index is 607. The number of carbonyl (C=O) groups excluding carboxylic acids is 1. The van der Waals surface area contributed by atoms with Gasteiger partial charge in [-0.2, -0.15) is 5.10 Å². The van der Waals surface area contributed by atoms with E-state index in [9.17, 15) is 4.79 Å². The van der Waals surface area contributed by atoms with E-state index in [1.54, 1.807) is 0 Å². The number of nitrogens with zero attached hydrogens (tertiary/aromatic N) is 5. The van der Waals surface area contributed by atoms with Crippen LogP contribution in [0.4, 0.5) is 5.82 Å². The third kappa shape index (κ3) is 4.51. The minimum absolute atomic E-state index is 0.0268. The standard InChI is InChI=1S/C19H31N5O2/c1-19(2,3)16-6-7-17(21-20-16)24-12-15(13-24)22(4)9-10-23-8-5-11-26-14-18(23)25/h6-7,15H,5,8-14H2,1-4H3. The molecule has 0 aromatic carbocycles. The van der Waals surface area contributed by atoms with Crippen molar-refractivity contribution in [1.82, 2.24) is 20.0 Å². The molecule has 0 aliphatic carbocycles. The molecule has 0 radical (unpaired) electrons. The lowest BCUT2D eigenvalue weighted by atomic mass is 9.92. The summed E-state index contributed by atoms with van der Waals surface area (Å²) < 4.78 is 5.29. The van der Waals surface area contributed by atoms with E-state index in [0.29, 0.717) is 12.6 Å². The highest BCUT2D eigenvalue weighted by Gasteiger charge is 2.31. The summed E-state index contributed by atoms with van der Waals surface area (Å²) in [6, 6.07) is 4.64. The van der Waals surface area contributed by atoms with Gasteiger partial charge in [-0.25, -0.2) is 0 Å². The Kier molecular flexibility index (Phi) is 5.77. The van der Waals surface area contributed by atoms with E-state index < -0.39 is 0 Å². The largest absolute Gasteiger partial charge is 0.372 e. The molecular formula is C19H31N5O2. The van der Waals surface area contributed by atoms with Crippen molar-refractivity contribution >= 4 is 11.7 Å². The minimum Gasteiger partial charge on any atom is -0.372 e. The van der Waals surface area contributed by atoms with Gasteiger partial charge in [0.25, 0.3) is 0 Å². The van der Waals surface area contributed by atoms with Crippen LogP contribution >= 0.6 is 0 Å². The summed E-state index contributed by atoms with van der Waals surface area (Å²) in [6.07, 6.45) is 0.926. The zero-order chi connectivity index (χ0) is 18.7. The molecule has 1 amide bonds. The number of hydrogen-bond donors (Lipinski definition) is 0. The van der Waals surface area contributed by atoms with Crippen LogP contribution in [0.2, 0.25) is 0 Å². The second-order valence-corrected chi connectivity index (χ2v) is 8.35. The smallest absolute Gasteiger partial charge is 0.248 e. The van der Waals surface area contributed by atoms with E-state index in [-0.39, 0.29) is 17.9 Å². The average Bonchev–Trinajstić information content (AvgIpc) is 2.75. The van der Waals surface area contributed by atoms with Crippen LogP contribution in [0.15, 0.2) is 12.1 Å². The molecule has 26 heavy (non-hydrogen) atoms. The second kappa shape index (κ2) is 7.88. The van der Waals surface area contributed by atoms with E-state index >= 15 is 0 Å². The first-order valence-electron chi connectivity index (χ1n) is 9.49. The highest BCUT2D eigenvalue weighted by molar-refractivity contribution is 5.77. The first kappa shape index (κ1) is 19.0. The summed E-state index contributed by atoms with van der Waals surface area (Å²) in [7, 11) is 2.13. The maximum absolute atomic E-state index is 12.0. The summed E-state index contributed by atoms with van der Waals surface area (Å²) >= 11 is 0. The minimum atomic E-state index is 0.0268. The Balaban J connectivity index is 1.44. The third-order valence-electron chi connectivity index (χ3n) is 5.25. The van der Waals surface area contributed by atoms with Crippen LogP contribution in [0.25, 0.3) is 0 Å². The Morgan fingerprint density at radius 2 is 2.04 bits per heavy atom. The Morgan fingerprint density at radius 1 is 1.27 bits per heavy atom. The van der Waals surface area contributed by atoms with Gasteiger partial charge in [0.05, 0.1) is 5.69 Å². The number of likely N-dealkylation sites (N-methyl/N-ethyl adjacent to an activating group) is 1. The Labute approximate surface area is 156 Å². The Hall–Kier alpha value is -1.73. The number of anilines is 1. The molecule has 144 valence electrons. The summed E-state index contributed by atoms with van der Waals surface area (Å²) in [5.41, 5.74) is 1.04. The van der Waals surface area contributed by atoms with Gasteiger partial charge < -0.3 is 14.5 Å². The lowest BCUT2D eigenvalue weighted by Crippen LogP contribution is -2.59. The Morgan fingerprint density at radius 3 is 2.69 bits per heavy atom. The van der Waals surface area contributed by atoms with Crippen molar-refractivity contribution < 1.29 is 9.53 Å². The molecule has 0 saturated carbocycles. The quantitative estimate of drug-likeness (QED) is 0.784.